The molecule has 1 nitrogen and oxygen atoms in total. The molecule has 1 heterocycles. The van der Waals surface area contributed by atoms with E-state index >= 15 is 0 Å². The minimum Gasteiger partial charge on any atom is -0.309 e. The minimum atomic E-state index is 1.18. The van der Waals surface area contributed by atoms with Crippen LogP contribution >= 0.6 is 0 Å². The van der Waals surface area contributed by atoms with Crippen LogP contribution in [0.3, 0.4) is 0 Å². The van der Waals surface area contributed by atoms with E-state index < -0.39 is 0 Å². The highest BCUT2D eigenvalue weighted by atomic mass is 15.0. The molecule has 1 aromatic heterocycles. The van der Waals surface area contributed by atoms with E-state index in [1.807, 2.05) is 0 Å². The fourth-order valence-electron chi connectivity index (χ4n) is 6.66. The van der Waals surface area contributed by atoms with Crippen molar-refractivity contribution in [2.45, 2.75) is 0 Å². The number of benzene rings is 8. The lowest BCUT2D eigenvalue weighted by atomic mass is 9.91. The van der Waals surface area contributed by atoms with E-state index in [4.69, 9.17) is 0 Å². The smallest absolute Gasteiger partial charge is 0.0547 e. The third-order valence-electron chi connectivity index (χ3n) is 8.44. The summed E-state index contributed by atoms with van der Waals surface area (Å²) >= 11 is 0. The van der Waals surface area contributed by atoms with Crippen LogP contribution in [0.25, 0.3) is 81.7 Å². The molecule has 39 heavy (non-hydrogen) atoms. The predicted molar refractivity (Wildman–Crippen MR) is 167 cm³/mol. The van der Waals surface area contributed by atoms with Crippen molar-refractivity contribution in [3.63, 3.8) is 0 Å². The first-order valence-corrected chi connectivity index (χ1v) is 13.5. The van der Waals surface area contributed by atoms with Gasteiger partial charge in [0.15, 0.2) is 0 Å². The minimum absolute atomic E-state index is 1.18. The van der Waals surface area contributed by atoms with Crippen molar-refractivity contribution in [1.82, 2.24) is 4.57 Å². The van der Waals surface area contributed by atoms with Gasteiger partial charge in [0.25, 0.3) is 0 Å². The first-order valence-electron chi connectivity index (χ1n) is 13.5. The molecule has 0 atom stereocenters. The second kappa shape index (κ2) is 7.69. The largest absolute Gasteiger partial charge is 0.309 e. The fraction of sp³-hybridized carbons (Fsp3) is 0. The molecular weight excluding hydrogens is 470 g/mol. The number of aromatic nitrogens is 1. The molecule has 0 aliphatic heterocycles. The van der Waals surface area contributed by atoms with E-state index in [1.165, 1.54) is 81.7 Å². The zero-order chi connectivity index (χ0) is 25.5. The van der Waals surface area contributed by atoms with Crippen molar-refractivity contribution in [2.75, 3.05) is 0 Å². The second-order valence-electron chi connectivity index (χ2n) is 10.6. The summed E-state index contributed by atoms with van der Waals surface area (Å²) in [7, 11) is 0. The quantitative estimate of drug-likeness (QED) is 0.211. The van der Waals surface area contributed by atoms with Crippen LogP contribution in [0.1, 0.15) is 0 Å². The van der Waals surface area contributed by atoms with Gasteiger partial charge in [-0.1, -0.05) is 91.0 Å². The van der Waals surface area contributed by atoms with Crippen LogP contribution in [0.5, 0.6) is 0 Å². The molecule has 0 bridgehead atoms. The van der Waals surface area contributed by atoms with Crippen LogP contribution in [0, 0.1) is 0 Å². The second-order valence-corrected chi connectivity index (χ2v) is 10.6. The van der Waals surface area contributed by atoms with Crippen LogP contribution in [0.2, 0.25) is 0 Å². The molecule has 0 fully saturated rings. The monoisotopic (exact) mass is 493 g/mol. The van der Waals surface area contributed by atoms with E-state index in [0.717, 1.165) is 0 Å². The van der Waals surface area contributed by atoms with Crippen molar-refractivity contribution < 1.29 is 0 Å². The summed E-state index contributed by atoms with van der Waals surface area (Å²) in [5.41, 5.74) is 6.15. The van der Waals surface area contributed by atoms with E-state index in [9.17, 15) is 0 Å². The van der Waals surface area contributed by atoms with Gasteiger partial charge in [0.2, 0.25) is 0 Å². The van der Waals surface area contributed by atoms with E-state index in [1.54, 1.807) is 0 Å². The Hall–Kier alpha value is -5.14. The van der Waals surface area contributed by atoms with Crippen molar-refractivity contribution >= 4 is 64.9 Å². The normalized spacial score (nSPS) is 12.1. The van der Waals surface area contributed by atoms with Gasteiger partial charge in [-0.3, -0.25) is 0 Å². The Morgan fingerprint density at radius 3 is 1.67 bits per heavy atom. The number of para-hydroxylation sites is 1. The molecule has 0 saturated heterocycles. The van der Waals surface area contributed by atoms with Crippen LogP contribution in [0.15, 0.2) is 140 Å². The molecule has 8 aromatic carbocycles. The van der Waals surface area contributed by atoms with Gasteiger partial charge in [0.05, 0.1) is 11.0 Å². The van der Waals surface area contributed by atoms with Gasteiger partial charge >= 0.3 is 0 Å². The number of rotatable bonds is 2. The molecular formula is C38H23N. The lowest BCUT2D eigenvalue weighted by molar-refractivity contribution is 1.18. The number of hydrogen-bond donors (Lipinski definition) is 0. The third-order valence-corrected chi connectivity index (χ3v) is 8.44. The Balaban J connectivity index is 1.34. The van der Waals surface area contributed by atoms with Gasteiger partial charge in [-0.05, 0) is 103 Å². The topological polar surface area (TPSA) is 4.93 Å². The standard InChI is InChI=1S/C38H23N/c1-2-11-32(12-3-1)39-35-18-17-28(22-33(35)34-21-26-7-4-5-8-27(26)23-36(34)39)31-19-29-15-13-24-9-6-10-25-14-16-30(20-31)38(29)37(24)25/h1-23H. The number of hydrogen-bond acceptors (Lipinski definition) is 0. The molecule has 0 aliphatic carbocycles. The van der Waals surface area contributed by atoms with Gasteiger partial charge in [-0.2, -0.15) is 0 Å². The maximum atomic E-state index is 2.40. The highest BCUT2D eigenvalue weighted by molar-refractivity contribution is 6.24. The van der Waals surface area contributed by atoms with Crippen LogP contribution in [0.4, 0.5) is 0 Å². The molecule has 0 radical (unpaired) electrons. The molecule has 9 rings (SSSR count). The van der Waals surface area contributed by atoms with Gasteiger partial charge in [0.1, 0.15) is 0 Å². The SMILES string of the molecule is c1ccc(-n2c3ccc(-c4cc5ccc6cccc7ccc(c4)c5c67)cc3c3cc4ccccc4cc32)cc1. The molecule has 0 amide bonds. The Morgan fingerprint density at radius 1 is 0.333 bits per heavy atom. The van der Waals surface area contributed by atoms with Crippen molar-refractivity contribution in [1.29, 1.82) is 0 Å². The molecule has 0 saturated carbocycles. The van der Waals surface area contributed by atoms with Crippen molar-refractivity contribution in [2.24, 2.45) is 0 Å². The molecule has 0 N–H and O–H groups in total. The summed E-state index contributed by atoms with van der Waals surface area (Å²) in [6, 6.07) is 51.4. The summed E-state index contributed by atoms with van der Waals surface area (Å²) in [5, 5.41) is 13.0. The number of fused-ring (bicyclic) bond motifs is 4. The third kappa shape index (κ3) is 2.96. The summed E-state index contributed by atoms with van der Waals surface area (Å²) in [5.74, 6) is 0. The fourth-order valence-corrected chi connectivity index (χ4v) is 6.66. The van der Waals surface area contributed by atoms with E-state index in [0.29, 0.717) is 0 Å². The lowest BCUT2D eigenvalue weighted by Crippen LogP contribution is -1.93. The molecule has 180 valence electrons. The summed E-state index contributed by atoms with van der Waals surface area (Å²) in [6.07, 6.45) is 0. The zero-order valence-electron chi connectivity index (χ0n) is 21.2. The van der Waals surface area contributed by atoms with Crippen molar-refractivity contribution in [3.05, 3.63) is 140 Å². The molecule has 0 unspecified atom stereocenters. The van der Waals surface area contributed by atoms with Crippen LogP contribution < -0.4 is 0 Å². The van der Waals surface area contributed by atoms with Gasteiger partial charge < -0.3 is 4.57 Å². The average Bonchev–Trinajstić information content (AvgIpc) is 3.31. The Labute approximate surface area is 225 Å². The van der Waals surface area contributed by atoms with Gasteiger partial charge in [-0.15, -0.1) is 0 Å². The Kier molecular flexibility index (Phi) is 4.11. The maximum absolute atomic E-state index is 2.40. The van der Waals surface area contributed by atoms with Gasteiger partial charge in [0, 0.05) is 16.5 Å². The summed E-state index contributed by atoms with van der Waals surface area (Å²) in [4.78, 5) is 0. The summed E-state index contributed by atoms with van der Waals surface area (Å²) < 4.78 is 2.40. The molecule has 0 aliphatic rings. The van der Waals surface area contributed by atoms with Crippen molar-refractivity contribution in [3.8, 4) is 16.8 Å². The molecule has 0 spiro atoms. The molecule has 9 aromatic rings. The van der Waals surface area contributed by atoms with Crippen LogP contribution in [-0.4, -0.2) is 4.57 Å². The lowest BCUT2D eigenvalue weighted by Gasteiger charge is -2.13. The summed E-state index contributed by atoms with van der Waals surface area (Å²) in [6.45, 7) is 0. The first-order chi connectivity index (χ1) is 19.3. The maximum Gasteiger partial charge on any atom is 0.0547 e. The van der Waals surface area contributed by atoms with E-state index in [2.05, 4.69) is 144 Å². The zero-order valence-corrected chi connectivity index (χ0v) is 21.2. The van der Waals surface area contributed by atoms with E-state index in [-0.39, 0.29) is 0 Å². The Morgan fingerprint density at radius 2 is 0.923 bits per heavy atom. The first kappa shape index (κ1) is 20.9. The highest BCUT2D eigenvalue weighted by Crippen LogP contribution is 2.40. The van der Waals surface area contributed by atoms with Crippen LogP contribution in [-0.2, 0) is 0 Å². The Bertz CT molecular complexity index is 2310. The van der Waals surface area contributed by atoms with Gasteiger partial charge in [-0.25, -0.2) is 0 Å². The highest BCUT2D eigenvalue weighted by Gasteiger charge is 2.15. The molecule has 1 heteroatoms. The average molecular weight is 494 g/mol. The number of nitrogens with zero attached hydrogens (tertiary/aromatic N) is 1. The predicted octanol–water partition coefficient (Wildman–Crippen LogP) is 10.5.